The van der Waals surface area contributed by atoms with Gasteiger partial charge in [-0.3, -0.25) is 19.7 Å². The second kappa shape index (κ2) is 3.99. The Morgan fingerprint density at radius 2 is 1.70 bits per heavy atom. The fourth-order valence-electron chi connectivity index (χ4n) is 2.28. The van der Waals surface area contributed by atoms with E-state index >= 15 is 0 Å². The molecule has 0 saturated carbocycles. The fourth-order valence-corrected chi connectivity index (χ4v) is 2.28. The summed E-state index contributed by atoms with van der Waals surface area (Å²) in [6.07, 6.45) is 0. The van der Waals surface area contributed by atoms with E-state index in [-0.39, 0.29) is 33.7 Å². The van der Waals surface area contributed by atoms with E-state index < -0.39 is 16.5 Å². The molecule has 1 aliphatic rings. The van der Waals surface area contributed by atoms with Gasteiger partial charge in [-0.25, -0.2) is 0 Å². The van der Waals surface area contributed by atoms with Crippen LogP contribution >= 0.6 is 0 Å². The molecule has 1 aliphatic carbocycles. The highest BCUT2D eigenvalue weighted by Gasteiger charge is 2.32. The predicted octanol–water partition coefficient (Wildman–Crippen LogP) is 2.08. The average molecular weight is 269 g/mol. The topological polar surface area (TPSA) is 97.5 Å². The Balaban J connectivity index is 2.29. The number of rotatable bonds is 1. The van der Waals surface area contributed by atoms with Crippen molar-refractivity contribution in [2.75, 3.05) is 0 Å². The predicted molar refractivity (Wildman–Crippen MR) is 68.1 cm³/mol. The number of carbonyl (C=O) groups is 2. The van der Waals surface area contributed by atoms with Crippen LogP contribution in [0.4, 0.5) is 5.69 Å². The summed E-state index contributed by atoms with van der Waals surface area (Å²) in [5.41, 5.74) is -0.202. The molecule has 0 atom stereocenters. The third-order valence-corrected chi connectivity index (χ3v) is 3.22. The maximum atomic E-state index is 12.3. The van der Waals surface area contributed by atoms with Crippen molar-refractivity contribution in [3.63, 3.8) is 0 Å². The molecule has 6 nitrogen and oxygen atoms in total. The maximum absolute atomic E-state index is 12.3. The number of phenols is 1. The molecule has 0 heterocycles. The molecule has 0 aromatic heterocycles. The summed E-state index contributed by atoms with van der Waals surface area (Å²) in [5.74, 6) is -1.29. The van der Waals surface area contributed by atoms with Crippen molar-refractivity contribution in [2.45, 2.75) is 0 Å². The summed E-state index contributed by atoms with van der Waals surface area (Å²) < 4.78 is 0. The average Bonchev–Trinajstić information content (AvgIpc) is 2.44. The smallest absolute Gasteiger partial charge is 0.270 e. The van der Waals surface area contributed by atoms with E-state index in [0.717, 1.165) is 12.1 Å². The van der Waals surface area contributed by atoms with Gasteiger partial charge in [-0.15, -0.1) is 0 Å². The van der Waals surface area contributed by atoms with Gasteiger partial charge in [0.25, 0.3) is 5.69 Å². The van der Waals surface area contributed by atoms with E-state index in [0.29, 0.717) is 0 Å². The van der Waals surface area contributed by atoms with Gasteiger partial charge in [0.05, 0.1) is 10.5 Å². The second-order valence-electron chi connectivity index (χ2n) is 4.34. The van der Waals surface area contributed by atoms with Crippen LogP contribution in [0.1, 0.15) is 31.8 Å². The molecule has 3 rings (SSSR count). The first-order chi connectivity index (χ1) is 9.50. The number of non-ortho nitro benzene ring substituents is 1. The molecule has 2 aromatic carbocycles. The van der Waals surface area contributed by atoms with E-state index in [9.17, 15) is 24.8 Å². The van der Waals surface area contributed by atoms with Crippen molar-refractivity contribution in [1.82, 2.24) is 0 Å². The lowest BCUT2D eigenvalue weighted by molar-refractivity contribution is -0.384. The molecule has 0 amide bonds. The van der Waals surface area contributed by atoms with E-state index in [4.69, 9.17) is 0 Å². The Bertz CT molecular complexity index is 794. The molecule has 20 heavy (non-hydrogen) atoms. The molecule has 0 spiro atoms. The van der Waals surface area contributed by atoms with Crippen LogP contribution in [0.5, 0.6) is 5.75 Å². The number of nitro groups is 1. The van der Waals surface area contributed by atoms with Gasteiger partial charge in [0, 0.05) is 28.8 Å². The number of benzene rings is 2. The monoisotopic (exact) mass is 269 g/mol. The van der Waals surface area contributed by atoms with Gasteiger partial charge < -0.3 is 5.11 Å². The number of nitrogens with zero attached hydrogens (tertiary/aromatic N) is 1. The number of fused-ring (bicyclic) bond motifs is 2. The highest BCUT2D eigenvalue weighted by Crippen LogP contribution is 2.33. The van der Waals surface area contributed by atoms with Crippen LogP contribution in [0, 0.1) is 10.1 Å². The molecule has 1 N–H and O–H groups in total. The summed E-state index contributed by atoms with van der Waals surface area (Å²) >= 11 is 0. The van der Waals surface area contributed by atoms with Crippen molar-refractivity contribution in [3.8, 4) is 5.75 Å². The van der Waals surface area contributed by atoms with Crippen LogP contribution < -0.4 is 0 Å². The highest BCUT2D eigenvalue weighted by atomic mass is 16.6. The zero-order valence-electron chi connectivity index (χ0n) is 9.99. The quantitative estimate of drug-likeness (QED) is 0.538. The minimum atomic E-state index is -0.629. The van der Waals surface area contributed by atoms with E-state index in [1.165, 1.54) is 24.3 Å². The number of nitro benzene ring substituents is 1. The van der Waals surface area contributed by atoms with Crippen molar-refractivity contribution >= 4 is 17.3 Å². The van der Waals surface area contributed by atoms with Gasteiger partial charge in [-0.2, -0.15) is 0 Å². The fraction of sp³-hybridized carbons (Fsp3) is 0. The van der Waals surface area contributed by atoms with Gasteiger partial charge in [-0.05, 0) is 12.1 Å². The van der Waals surface area contributed by atoms with Crippen LogP contribution in [0.15, 0.2) is 36.4 Å². The lowest BCUT2D eigenvalue weighted by Gasteiger charge is -2.17. The SMILES string of the molecule is O=C1c2cc([N+](=O)[O-])ccc2C(=O)c2c(O)cccc21. The van der Waals surface area contributed by atoms with Crippen LogP contribution in [0.3, 0.4) is 0 Å². The molecule has 6 heteroatoms. The summed E-state index contributed by atoms with van der Waals surface area (Å²) in [5, 5.41) is 20.5. The van der Waals surface area contributed by atoms with Crippen molar-refractivity contribution in [3.05, 3.63) is 68.8 Å². The lowest BCUT2D eigenvalue weighted by Crippen LogP contribution is -2.21. The Hall–Kier alpha value is -3.02. The zero-order valence-corrected chi connectivity index (χ0v) is 9.99. The van der Waals surface area contributed by atoms with Crippen LogP contribution in [0.2, 0.25) is 0 Å². The Labute approximate surface area is 112 Å². The molecular formula is C14H7NO5. The molecule has 0 bridgehead atoms. The highest BCUT2D eigenvalue weighted by molar-refractivity contribution is 6.29. The number of phenolic OH excluding ortho intramolecular Hbond substituents is 1. The maximum Gasteiger partial charge on any atom is 0.270 e. The van der Waals surface area contributed by atoms with Crippen LogP contribution in [-0.4, -0.2) is 21.6 Å². The third-order valence-electron chi connectivity index (χ3n) is 3.22. The first-order valence-corrected chi connectivity index (χ1v) is 5.70. The van der Waals surface area contributed by atoms with Crippen molar-refractivity contribution < 1.29 is 19.6 Å². The molecule has 2 aromatic rings. The molecule has 0 unspecified atom stereocenters. The zero-order chi connectivity index (χ0) is 14.4. The van der Waals surface area contributed by atoms with Gasteiger partial charge in [-0.1, -0.05) is 12.1 Å². The summed E-state index contributed by atoms with van der Waals surface area (Å²) in [7, 11) is 0. The van der Waals surface area contributed by atoms with Crippen LogP contribution in [-0.2, 0) is 0 Å². The first-order valence-electron chi connectivity index (χ1n) is 5.70. The molecule has 0 fully saturated rings. The summed E-state index contributed by atoms with van der Waals surface area (Å²) in [6.45, 7) is 0. The van der Waals surface area contributed by atoms with Gasteiger partial charge in [0.2, 0.25) is 0 Å². The molecular weight excluding hydrogens is 262 g/mol. The lowest BCUT2D eigenvalue weighted by atomic mass is 9.83. The van der Waals surface area contributed by atoms with Gasteiger partial charge >= 0.3 is 0 Å². The van der Waals surface area contributed by atoms with E-state index in [2.05, 4.69) is 0 Å². The van der Waals surface area contributed by atoms with E-state index in [1.54, 1.807) is 0 Å². The number of aromatic hydroxyl groups is 1. The van der Waals surface area contributed by atoms with Gasteiger partial charge in [0.15, 0.2) is 11.6 Å². The normalized spacial score (nSPS) is 12.8. The number of ketones is 2. The molecule has 0 saturated heterocycles. The Morgan fingerprint density at radius 1 is 0.950 bits per heavy atom. The van der Waals surface area contributed by atoms with Crippen LogP contribution in [0.25, 0.3) is 0 Å². The van der Waals surface area contributed by atoms with Gasteiger partial charge in [0.1, 0.15) is 5.75 Å². The molecule has 0 radical (unpaired) electrons. The molecule has 0 aliphatic heterocycles. The minimum absolute atomic E-state index is 0.0118. The number of carbonyl (C=O) groups excluding carboxylic acids is 2. The van der Waals surface area contributed by atoms with Crippen molar-refractivity contribution in [1.29, 1.82) is 0 Å². The second-order valence-corrected chi connectivity index (χ2v) is 4.34. The third kappa shape index (κ3) is 1.51. The van der Waals surface area contributed by atoms with E-state index in [1.807, 2.05) is 0 Å². The summed E-state index contributed by atoms with van der Waals surface area (Å²) in [6, 6.07) is 7.67. The first kappa shape index (κ1) is 12.0. The van der Waals surface area contributed by atoms with Crippen molar-refractivity contribution in [2.24, 2.45) is 0 Å². The molecule has 98 valence electrons. The number of hydrogen-bond acceptors (Lipinski definition) is 5. The summed E-state index contributed by atoms with van der Waals surface area (Å²) in [4.78, 5) is 34.7. The number of hydrogen-bond donors (Lipinski definition) is 1. The Kier molecular flexibility index (Phi) is 2.40. The standard InChI is InChI=1S/C14H7NO5/c16-11-3-1-2-9-12(11)14(18)8-5-4-7(15(19)20)6-10(8)13(9)17/h1-6,16H. The minimum Gasteiger partial charge on any atom is -0.507 e. The Morgan fingerprint density at radius 3 is 2.40 bits per heavy atom. The largest absolute Gasteiger partial charge is 0.507 e.